The van der Waals surface area contributed by atoms with E-state index in [1.54, 1.807) is 0 Å². The lowest BCUT2D eigenvalue weighted by atomic mass is 10.2. The zero-order chi connectivity index (χ0) is 9.68. The number of nitrogens with zero attached hydrogens (tertiary/aromatic N) is 2. The van der Waals surface area contributed by atoms with Crippen molar-refractivity contribution < 1.29 is 5.11 Å². The maximum absolute atomic E-state index is 8.78. The lowest BCUT2D eigenvalue weighted by Crippen LogP contribution is -2.39. The number of hydrogen-bond donors (Lipinski definition) is 1. The number of likely N-dealkylation sites (N-methyl/N-ethyl adjacent to an activating group) is 2. The van der Waals surface area contributed by atoms with Crippen molar-refractivity contribution in [2.75, 3.05) is 39.8 Å². The van der Waals surface area contributed by atoms with Crippen LogP contribution in [-0.4, -0.2) is 60.8 Å². The predicted molar refractivity (Wildman–Crippen MR) is 54.9 cm³/mol. The van der Waals surface area contributed by atoms with Crippen LogP contribution in [0.3, 0.4) is 0 Å². The molecule has 0 bridgehead atoms. The third kappa shape index (κ3) is 3.25. The van der Waals surface area contributed by atoms with Gasteiger partial charge < -0.3 is 10.0 Å². The average molecular weight is 186 g/mol. The summed E-state index contributed by atoms with van der Waals surface area (Å²) in [7, 11) is 2.09. The van der Waals surface area contributed by atoms with E-state index in [0.29, 0.717) is 0 Å². The van der Waals surface area contributed by atoms with Gasteiger partial charge in [-0.2, -0.15) is 0 Å². The normalized spacial score (nSPS) is 24.5. The molecule has 0 aromatic carbocycles. The maximum Gasteiger partial charge on any atom is 0.0558 e. The molecule has 1 saturated heterocycles. The molecule has 0 aromatic heterocycles. The van der Waals surface area contributed by atoms with E-state index in [9.17, 15) is 0 Å². The molecule has 1 N–H and O–H groups in total. The Bertz CT molecular complexity index is 141. The van der Waals surface area contributed by atoms with Gasteiger partial charge in [0.15, 0.2) is 0 Å². The van der Waals surface area contributed by atoms with Crippen LogP contribution in [-0.2, 0) is 0 Å². The Labute approximate surface area is 81.3 Å². The minimum Gasteiger partial charge on any atom is -0.395 e. The summed E-state index contributed by atoms with van der Waals surface area (Å²) in [5.74, 6) is 0. The SMILES string of the molecule is CCN1CCCC1CN(C)CCO. The highest BCUT2D eigenvalue weighted by Gasteiger charge is 2.23. The van der Waals surface area contributed by atoms with E-state index in [0.717, 1.165) is 25.7 Å². The fraction of sp³-hybridized carbons (Fsp3) is 1.00. The van der Waals surface area contributed by atoms with Gasteiger partial charge in [-0.05, 0) is 33.0 Å². The van der Waals surface area contributed by atoms with Gasteiger partial charge in [0, 0.05) is 19.1 Å². The Morgan fingerprint density at radius 3 is 2.92 bits per heavy atom. The van der Waals surface area contributed by atoms with Gasteiger partial charge in [0.05, 0.1) is 6.61 Å². The standard InChI is InChI=1S/C10H22N2O/c1-3-12-6-4-5-10(12)9-11(2)7-8-13/h10,13H,3-9H2,1-2H3. The van der Waals surface area contributed by atoms with Gasteiger partial charge in [-0.15, -0.1) is 0 Å². The van der Waals surface area contributed by atoms with Crippen LogP contribution in [0, 0.1) is 0 Å². The highest BCUT2D eigenvalue weighted by atomic mass is 16.3. The summed E-state index contributed by atoms with van der Waals surface area (Å²) in [6.07, 6.45) is 2.66. The Kier molecular flexibility index (Phi) is 4.70. The smallest absolute Gasteiger partial charge is 0.0558 e. The van der Waals surface area contributed by atoms with E-state index >= 15 is 0 Å². The Morgan fingerprint density at radius 2 is 2.31 bits per heavy atom. The van der Waals surface area contributed by atoms with Crippen molar-refractivity contribution in [3.8, 4) is 0 Å². The van der Waals surface area contributed by atoms with Crippen molar-refractivity contribution in [3.63, 3.8) is 0 Å². The lowest BCUT2D eigenvalue weighted by molar-refractivity contribution is 0.170. The quantitative estimate of drug-likeness (QED) is 0.673. The Hall–Kier alpha value is -0.120. The van der Waals surface area contributed by atoms with Crippen LogP contribution in [0.1, 0.15) is 19.8 Å². The zero-order valence-electron chi connectivity index (χ0n) is 8.87. The Morgan fingerprint density at radius 1 is 1.54 bits per heavy atom. The molecule has 1 rings (SSSR count). The van der Waals surface area contributed by atoms with Crippen molar-refractivity contribution in [2.24, 2.45) is 0 Å². The molecule has 0 radical (unpaired) electrons. The lowest BCUT2D eigenvalue weighted by Gasteiger charge is -2.27. The van der Waals surface area contributed by atoms with E-state index in [4.69, 9.17) is 5.11 Å². The molecule has 78 valence electrons. The van der Waals surface area contributed by atoms with Gasteiger partial charge in [-0.1, -0.05) is 6.92 Å². The average Bonchev–Trinajstić information content (AvgIpc) is 2.52. The molecule has 0 aliphatic carbocycles. The van der Waals surface area contributed by atoms with Crippen LogP contribution >= 0.6 is 0 Å². The van der Waals surface area contributed by atoms with Crippen molar-refractivity contribution in [2.45, 2.75) is 25.8 Å². The molecule has 0 spiro atoms. The largest absolute Gasteiger partial charge is 0.395 e. The van der Waals surface area contributed by atoms with Crippen LogP contribution in [0.2, 0.25) is 0 Å². The molecule has 0 saturated carbocycles. The van der Waals surface area contributed by atoms with Gasteiger partial charge in [0.2, 0.25) is 0 Å². The summed E-state index contributed by atoms with van der Waals surface area (Å²) in [5.41, 5.74) is 0. The fourth-order valence-corrected chi connectivity index (χ4v) is 2.14. The van der Waals surface area contributed by atoms with Crippen molar-refractivity contribution in [3.05, 3.63) is 0 Å². The van der Waals surface area contributed by atoms with Gasteiger partial charge >= 0.3 is 0 Å². The summed E-state index contributed by atoms with van der Waals surface area (Å²) >= 11 is 0. The fourth-order valence-electron chi connectivity index (χ4n) is 2.14. The number of aliphatic hydroxyl groups excluding tert-OH is 1. The van der Waals surface area contributed by atoms with E-state index in [-0.39, 0.29) is 6.61 Å². The molecule has 13 heavy (non-hydrogen) atoms. The molecule has 3 nitrogen and oxygen atoms in total. The molecule has 1 heterocycles. The third-order valence-electron chi connectivity index (χ3n) is 2.91. The summed E-state index contributed by atoms with van der Waals surface area (Å²) in [6.45, 7) is 6.83. The molecule has 0 amide bonds. The zero-order valence-corrected chi connectivity index (χ0v) is 8.87. The van der Waals surface area contributed by atoms with Crippen LogP contribution in [0.4, 0.5) is 0 Å². The van der Waals surface area contributed by atoms with Crippen LogP contribution < -0.4 is 0 Å². The number of aliphatic hydroxyl groups is 1. The molecule has 1 unspecified atom stereocenters. The minimum absolute atomic E-state index is 0.273. The number of likely N-dealkylation sites (tertiary alicyclic amines) is 1. The second-order valence-electron chi connectivity index (χ2n) is 3.91. The molecule has 3 heteroatoms. The molecule has 0 aromatic rings. The highest BCUT2D eigenvalue weighted by molar-refractivity contribution is 4.80. The highest BCUT2D eigenvalue weighted by Crippen LogP contribution is 2.16. The molecule has 1 aliphatic heterocycles. The summed E-state index contributed by atoms with van der Waals surface area (Å²) < 4.78 is 0. The first-order valence-corrected chi connectivity index (χ1v) is 5.31. The first-order chi connectivity index (χ1) is 6.27. The van der Waals surface area contributed by atoms with Gasteiger partial charge in [-0.25, -0.2) is 0 Å². The molecule has 1 atom stereocenters. The van der Waals surface area contributed by atoms with Gasteiger partial charge in [-0.3, -0.25) is 4.90 Å². The number of rotatable bonds is 5. The van der Waals surface area contributed by atoms with E-state index < -0.39 is 0 Å². The van der Waals surface area contributed by atoms with Crippen molar-refractivity contribution in [1.29, 1.82) is 0 Å². The topological polar surface area (TPSA) is 26.7 Å². The van der Waals surface area contributed by atoms with Gasteiger partial charge in [0.25, 0.3) is 0 Å². The van der Waals surface area contributed by atoms with E-state index in [2.05, 4.69) is 23.8 Å². The van der Waals surface area contributed by atoms with Crippen molar-refractivity contribution >= 4 is 0 Å². The maximum atomic E-state index is 8.78. The van der Waals surface area contributed by atoms with Gasteiger partial charge in [0.1, 0.15) is 0 Å². The van der Waals surface area contributed by atoms with Crippen molar-refractivity contribution in [1.82, 2.24) is 9.80 Å². The van der Waals surface area contributed by atoms with Crippen LogP contribution in [0.25, 0.3) is 0 Å². The number of hydrogen-bond acceptors (Lipinski definition) is 3. The molecular formula is C10H22N2O. The van der Waals surface area contributed by atoms with E-state index in [1.165, 1.54) is 19.4 Å². The van der Waals surface area contributed by atoms with Crippen LogP contribution in [0.5, 0.6) is 0 Å². The minimum atomic E-state index is 0.273. The summed E-state index contributed by atoms with van der Waals surface area (Å²) in [6, 6.07) is 0.724. The second kappa shape index (κ2) is 5.58. The third-order valence-corrected chi connectivity index (χ3v) is 2.91. The van der Waals surface area contributed by atoms with Crippen LogP contribution in [0.15, 0.2) is 0 Å². The Balaban J connectivity index is 2.26. The van der Waals surface area contributed by atoms with E-state index in [1.807, 2.05) is 0 Å². The molecular weight excluding hydrogens is 164 g/mol. The summed E-state index contributed by atoms with van der Waals surface area (Å²) in [4.78, 5) is 4.76. The predicted octanol–water partition coefficient (Wildman–Crippen LogP) is 0.395. The second-order valence-corrected chi connectivity index (χ2v) is 3.91. The molecule has 1 fully saturated rings. The first-order valence-electron chi connectivity index (χ1n) is 5.31. The molecule has 1 aliphatic rings. The monoisotopic (exact) mass is 186 g/mol. The first kappa shape index (κ1) is 11.0. The summed E-state index contributed by atoms with van der Waals surface area (Å²) in [5, 5.41) is 8.78.